The van der Waals surface area contributed by atoms with Gasteiger partial charge in [0.1, 0.15) is 17.6 Å². The number of nitriles is 1. The molecule has 4 rings (SSSR count). The van der Waals surface area contributed by atoms with Gasteiger partial charge in [-0.3, -0.25) is 10.1 Å². The Morgan fingerprint density at radius 1 is 1.12 bits per heavy atom. The van der Waals surface area contributed by atoms with Crippen LogP contribution in [0.25, 0.3) is 16.6 Å². The van der Waals surface area contributed by atoms with Crippen LogP contribution >= 0.6 is 0 Å². The van der Waals surface area contributed by atoms with E-state index in [1.54, 1.807) is 60.5 Å². The summed E-state index contributed by atoms with van der Waals surface area (Å²) in [6, 6.07) is 11.9. The highest BCUT2D eigenvalue weighted by Gasteiger charge is 2.16. The van der Waals surface area contributed by atoms with E-state index >= 15 is 0 Å². The van der Waals surface area contributed by atoms with Crippen molar-refractivity contribution in [2.45, 2.75) is 6.92 Å². The number of carbonyl (C=O) groups excluding carboxylic acids is 2. The first-order chi connectivity index (χ1) is 16.0. The molecule has 4 aromatic rings. The summed E-state index contributed by atoms with van der Waals surface area (Å²) in [6.45, 7) is 2.35. The Hall–Kier alpha value is -4.78. The third kappa shape index (κ3) is 4.47. The number of rotatable bonds is 5. The number of pyridine rings is 3. The number of anilines is 2. The lowest BCUT2D eigenvalue weighted by Gasteiger charge is -2.17. The zero-order valence-electron chi connectivity index (χ0n) is 18.0. The second-order valence-electron chi connectivity index (χ2n) is 7.10. The molecule has 0 saturated carbocycles. The topological polar surface area (TPSA) is 128 Å². The van der Waals surface area contributed by atoms with Crippen LogP contribution < -0.4 is 15.5 Å². The van der Waals surface area contributed by atoms with Crippen LogP contribution in [0, 0.1) is 11.3 Å². The SMILES string of the molecule is CCNC(=O)Nc1ccc(-c2cnn3ccc(C(=O)N(C)c4ccc(C#N)nc4)cc23)cn1. The summed E-state index contributed by atoms with van der Waals surface area (Å²) in [6.07, 6.45) is 6.55. The minimum atomic E-state index is -0.321. The molecule has 0 bridgehead atoms. The molecule has 0 spiro atoms. The minimum absolute atomic E-state index is 0.226. The number of nitrogens with zero attached hydrogens (tertiary/aromatic N) is 6. The van der Waals surface area contributed by atoms with Crippen molar-refractivity contribution in [2.75, 3.05) is 23.8 Å². The van der Waals surface area contributed by atoms with E-state index in [9.17, 15) is 9.59 Å². The van der Waals surface area contributed by atoms with E-state index < -0.39 is 0 Å². The molecule has 0 fully saturated rings. The summed E-state index contributed by atoms with van der Waals surface area (Å²) in [5.41, 5.74) is 3.65. The molecular formula is C23H20N8O2. The fourth-order valence-corrected chi connectivity index (χ4v) is 3.25. The summed E-state index contributed by atoms with van der Waals surface area (Å²) < 4.78 is 1.68. The molecule has 4 aromatic heterocycles. The summed E-state index contributed by atoms with van der Waals surface area (Å²) >= 11 is 0. The molecule has 164 valence electrons. The first-order valence-corrected chi connectivity index (χ1v) is 10.1. The van der Waals surface area contributed by atoms with Crippen LogP contribution in [0.5, 0.6) is 0 Å². The lowest BCUT2D eigenvalue weighted by Crippen LogP contribution is -2.28. The Morgan fingerprint density at radius 2 is 1.97 bits per heavy atom. The smallest absolute Gasteiger partial charge is 0.320 e. The fourth-order valence-electron chi connectivity index (χ4n) is 3.25. The van der Waals surface area contributed by atoms with Crippen LogP contribution in [-0.2, 0) is 0 Å². The van der Waals surface area contributed by atoms with Gasteiger partial charge in [0, 0.05) is 42.7 Å². The lowest BCUT2D eigenvalue weighted by molar-refractivity contribution is 0.0993. The summed E-state index contributed by atoms with van der Waals surface area (Å²) in [5, 5.41) is 18.6. The van der Waals surface area contributed by atoms with Crippen molar-refractivity contribution in [3.05, 3.63) is 72.4 Å². The lowest BCUT2D eigenvalue weighted by atomic mass is 10.1. The van der Waals surface area contributed by atoms with Gasteiger partial charge >= 0.3 is 6.03 Å². The third-order valence-corrected chi connectivity index (χ3v) is 4.98. The van der Waals surface area contributed by atoms with Crippen LogP contribution in [0.3, 0.4) is 0 Å². The van der Waals surface area contributed by atoms with Gasteiger partial charge in [0.05, 0.1) is 23.6 Å². The van der Waals surface area contributed by atoms with Gasteiger partial charge in [-0.15, -0.1) is 0 Å². The summed E-state index contributed by atoms with van der Waals surface area (Å²) in [7, 11) is 1.65. The van der Waals surface area contributed by atoms with E-state index in [1.165, 1.54) is 11.1 Å². The van der Waals surface area contributed by atoms with Crippen molar-refractivity contribution < 1.29 is 9.59 Å². The molecule has 0 saturated heterocycles. The van der Waals surface area contributed by atoms with Gasteiger partial charge in [0.2, 0.25) is 0 Å². The molecule has 2 N–H and O–H groups in total. The van der Waals surface area contributed by atoms with E-state index in [0.29, 0.717) is 23.6 Å². The molecule has 10 heteroatoms. The quantitative estimate of drug-likeness (QED) is 0.491. The van der Waals surface area contributed by atoms with Gasteiger partial charge in [0.25, 0.3) is 5.91 Å². The maximum absolute atomic E-state index is 13.1. The zero-order valence-corrected chi connectivity index (χ0v) is 18.0. The monoisotopic (exact) mass is 440 g/mol. The predicted molar refractivity (Wildman–Crippen MR) is 123 cm³/mol. The van der Waals surface area contributed by atoms with Crippen LogP contribution in [0.4, 0.5) is 16.3 Å². The first kappa shape index (κ1) is 21.5. The molecule has 4 heterocycles. The number of urea groups is 1. The van der Waals surface area contributed by atoms with Gasteiger partial charge in [0.15, 0.2) is 0 Å². The standard InChI is InChI=1S/C23H20N8O2/c1-3-25-23(33)29-21-7-4-16(12-27-21)19-14-28-31-9-8-15(10-20(19)31)22(32)30(2)18-6-5-17(11-24)26-13-18/h4-10,12-14H,3H2,1-2H3,(H2,25,27,29,33). The largest absolute Gasteiger partial charge is 0.338 e. The average Bonchev–Trinajstić information content (AvgIpc) is 3.27. The maximum Gasteiger partial charge on any atom is 0.320 e. The molecule has 0 aliphatic rings. The highest BCUT2D eigenvalue weighted by atomic mass is 16.2. The van der Waals surface area contributed by atoms with Crippen LogP contribution in [-0.4, -0.2) is 45.1 Å². The van der Waals surface area contributed by atoms with Gasteiger partial charge in [-0.05, 0) is 43.3 Å². The van der Waals surface area contributed by atoms with Crippen LogP contribution in [0.15, 0.2) is 61.2 Å². The first-order valence-electron chi connectivity index (χ1n) is 10.1. The van der Waals surface area contributed by atoms with E-state index in [1.807, 2.05) is 19.1 Å². The van der Waals surface area contributed by atoms with Crippen molar-refractivity contribution >= 4 is 29.0 Å². The van der Waals surface area contributed by atoms with Crippen molar-refractivity contribution in [1.29, 1.82) is 5.26 Å². The number of hydrogen-bond acceptors (Lipinski definition) is 6. The highest BCUT2D eigenvalue weighted by Crippen LogP contribution is 2.26. The average molecular weight is 440 g/mol. The van der Waals surface area contributed by atoms with E-state index in [0.717, 1.165) is 16.6 Å². The van der Waals surface area contributed by atoms with Gasteiger partial charge in [-0.25, -0.2) is 19.3 Å². The van der Waals surface area contributed by atoms with Crippen molar-refractivity contribution in [3.63, 3.8) is 0 Å². The molecule has 0 aliphatic heterocycles. The Morgan fingerprint density at radius 3 is 2.64 bits per heavy atom. The molecule has 10 nitrogen and oxygen atoms in total. The Bertz CT molecular complexity index is 1350. The summed E-state index contributed by atoms with van der Waals surface area (Å²) in [5.74, 6) is 0.199. The van der Waals surface area contributed by atoms with E-state index in [2.05, 4.69) is 25.7 Å². The van der Waals surface area contributed by atoms with Gasteiger partial charge in [-0.1, -0.05) is 0 Å². The van der Waals surface area contributed by atoms with Crippen LogP contribution in [0.1, 0.15) is 23.0 Å². The molecular weight excluding hydrogens is 420 g/mol. The zero-order chi connectivity index (χ0) is 23.4. The number of aromatic nitrogens is 4. The number of amides is 3. The maximum atomic E-state index is 13.1. The number of fused-ring (bicyclic) bond motifs is 1. The van der Waals surface area contributed by atoms with Crippen molar-refractivity contribution in [3.8, 4) is 17.2 Å². The second-order valence-corrected chi connectivity index (χ2v) is 7.10. The van der Waals surface area contributed by atoms with Gasteiger partial charge in [-0.2, -0.15) is 10.4 Å². The van der Waals surface area contributed by atoms with E-state index in [-0.39, 0.29) is 17.6 Å². The number of nitrogens with one attached hydrogen (secondary N) is 2. The van der Waals surface area contributed by atoms with E-state index in [4.69, 9.17) is 5.26 Å². The Balaban J connectivity index is 1.60. The van der Waals surface area contributed by atoms with Crippen LogP contribution in [0.2, 0.25) is 0 Å². The van der Waals surface area contributed by atoms with Gasteiger partial charge < -0.3 is 10.2 Å². The predicted octanol–water partition coefficient (Wildman–Crippen LogP) is 3.08. The van der Waals surface area contributed by atoms with Crippen molar-refractivity contribution in [1.82, 2.24) is 24.9 Å². The molecule has 0 aliphatic carbocycles. The Labute approximate surface area is 189 Å². The molecule has 33 heavy (non-hydrogen) atoms. The molecule has 0 atom stereocenters. The fraction of sp³-hybridized carbons (Fsp3) is 0.130. The normalized spacial score (nSPS) is 10.5. The highest BCUT2D eigenvalue weighted by molar-refractivity contribution is 6.06. The molecule has 0 unspecified atom stereocenters. The van der Waals surface area contributed by atoms with Crippen molar-refractivity contribution in [2.24, 2.45) is 0 Å². The minimum Gasteiger partial charge on any atom is -0.338 e. The molecule has 3 amide bonds. The number of carbonyl (C=O) groups is 2. The Kier molecular flexibility index (Phi) is 5.95. The molecule has 0 radical (unpaired) electrons. The third-order valence-electron chi connectivity index (χ3n) is 4.98. The summed E-state index contributed by atoms with van der Waals surface area (Å²) in [4.78, 5) is 34.5. The second kappa shape index (κ2) is 9.15. The molecule has 0 aromatic carbocycles. The number of hydrogen-bond donors (Lipinski definition) is 2.